The Balaban J connectivity index is 1.65. The van der Waals surface area contributed by atoms with E-state index in [1.54, 1.807) is 18.0 Å². The first-order valence-corrected chi connectivity index (χ1v) is 8.18. The summed E-state index contributed by atoms with van der Waals surface area (Å²) in [5.74, 6) is 2.64. The van der Waals surface area contributed by atoms with E-state index in [9.17, 15) is 4.79 Å². The highest BCUT2D eigenvalue weighted by molar-refractivity contribution is 7.98. The van der Waals surface area contributed by atoms with Gasteiger partial charge in [-0.1, -0.05) is 25.1 Å². The molecule has 0 unspecified atom stereocenters. The standard InChI is InChI=1S/C16H20N2O2S/c1-2-13-6-3-4-8-15(13)18-16(19)17-9-11-21-12-14-7-5-10-20-14/h3-8,10H,2,9,11-12H2,1H3,(H2,17,18,19). The molecule has 0 aliphatic rings. The predicted molar refractivity (Wildman–Crippen MR) is 87.7 cm³/mol. The molecule has 4 nitrogen and oxygen atoms in total. The molecule has 21 heavy (non-hydrogen) atoms. The SMILES string of the molecule is CCc1ccccc1NC(=O)NCCSCc1ccco1. The van der Waals surface area contributed by atoms with Gasteiger partial charge >= 0.3 is 6.03 Å². The number of anilines is 1. The first kappa shape index (κ1) is 15.5. The lowest BCUT2D eigenvalue weighted by atomic mass is 10.1. The smallest absolute Gasteiger partial charge is 0.319 e. The van der Waals surface area contributed by atoms with Crippen LogP contribution >= 0.6 is 11.8 Å². The lowest BCUT2D eigenvalue weighted by Crippen LogP contribution is -2.30. The van der Waals surface area contributed by atoms with E-state index in [-0.39, 0.29) is 6.03 Å². The van der Waals surface area contributed by atoms with E-state index in [2.05, 4.69) is 17.6 Å². The fourth-order valence-electron chi connectivity index (χ4n) is 1.92. The molecule has 112 valence electrons. The topological polar surface area (TPSA) is 54.3 Å². The second-order valence-corrected chi connectivity index (χ2v) is 5.63. The number of hydrogen-bond acceptors (Lipinski definition) is 3. The average Bonchev–Trinajstić information content (AvgIpc) is 3.01. The Bertz CT molecular complexity index is 555. The molecule has 0 fully saturated rings. The molecule has 0 aliphatic carbocycles. The third-order valence-corrected chi connectivity index (χ3v) is 3.98. The zero-order chi connectivity index (χ0) is 14.9. The summed E-state index contributed by atoms with van der Waals surface area (Å²) in [6, 6.07) is 11.5. The molecule has 0 atom stereocenters. The molecule has 0 saturated carbocycles. The summed E-state index contributed by atoms with van der Waals surface area (Å²) in [6.07, 6.45) is 2.57. The molecule has 2 amide bonds. The van der Waals surface area contributed by atoms with Gasteiger partial charge in [0.2, 0.25) is 0 Å². The zero-order valence-corrected chi connectivity index (χ0v) is 12.9. The van der Waals surface area contributed by atoms with Crippen molar-refractivity contribution in [1.29, 1.82) is 0 Å². The minimum Gasteiger partial charge on any atom is -0.468 e. The van der Waals surface area contributed by atoms with Gasteiger partial charge in [0.05, 0.1) is 12.0 Å². The van der Waals surface area contributed by atoms with Gasteiger partial charge in [-0.25, -0.2) is 4.79 Å². The normalized spacial score (nSPS) is 10.3. The molecule has 1 aromatic carbocycles. The zero-order valence-electron chi connectivity index (χ0n) is 12.1. The van der Waals surface area contributed by atoms with Crippen LogP contribution in [0, 0.1) is 0 Å². The highest BCUT2D eigenvalue weighted by Gasteiger charge is 2.04. The summed E-state index contributed by atoms with van der Waals surface area (Å²) in [5, 5.41) is 5.75. The van der Waals surface area contributed by atoms with Crippen LogP contribution in [0.25, 0.3) is 0 Å². The number of furan rings is 1. The monoisotopic (exact) mass is 304 g/mol. The van der Waals surface area contributed by atoms with Gasteiger partial charge in [-0.15, -0.1) is 0 Å². The molecule has 1 heterocycles. The minimum atomic E-state index is -0.158. The van der Waals surface area contributed by atoms with E-state index in [1.807, 2.05) is 36.4 Å². The van der Waals surface area contributed by atoms with Crippen molar-refractivity contribution >= 4 is 23.5 Å². The Hall–Kier alpha value is -1.88. The van der Waals surface area contributed by atoms with Gasteiger partial charge in [-0.3, -0.25) is 0 Å². The maximum Gasteiger partial charge on any atom is 0.319 e. The van der Waals surface area contributed by atoms with Crippen molar-refractivity contribution in [3.8, 4) is 0 Å². The number of amides is 2. The van der Waals surface area contributed by atoms with E-state index in [4.69, 9.17) is 4.42 Å². The van der Waals surface area contributed by atoms with Crippen LogP contribution in [0.15, 0.2) is 47.1 Å². The fraction of sp³-hybridized carbons (Fsp3) is 0.312. The third-order valence-electron chi connectivity index (χ3n) is 3.00. The quantitative estimate of drug-likeness (QED) is 0.763. The molecule has 5 heteroatoms. The van der Waals surface area contributed by atoms with E-state index in [0.29, 0.717) is 6.54 Å². The summed E-state index contributed by atoms with van der Waals surface area (Å²) in [4.78, 5) is 11.8. The molecule has 0 aliphatic heterocycles. The van der Waals surface area contributed by atoms with Crippen molar-refractivity contribution in [3.63, 3.8) is 0 Å². The van der Waals surface area contributed by atoms with Crippen LogP contribution in [-0.4, -0.2) is 18.3 Å². The molecule has 1 aromatic heterocycles. The van der Waals surface area contributed by atoms with Crippen LogP contribution in [0.4, 0.5) is 10.5 Å². The van der Waals surface area contributed by atoms with Crippen molar-refractivity contribution in [1.82, 2.24) is 5.32 Å². The van der Waals surface area contributed by atoms with E-state index >= 15 is 0 Å². The van der Waals surface area contributed by atoms with Crippen LogP contribution in [0.2, 0.25) is 0 Å². The fourth-order valence-corrected chi connectivity index (χ4v) is 2.68. The Morgan fingerprint density at radius 1 is 1.24 bits per heavy atom. The van der Waals surface area contributed by atoms with Crippen LogP contribution in [-0.2, 0) is 12.2 Å². The van der Waals surface area contributed by atoms with E-state index < -0.39 is 0 Å². The number of hydrogen-bond donors (Lipinski definition) is 2. The Morgan fingerprint density at radius 3 is 2.86 bits per heavy atom. The summed E-state index contributed by atoms with van der Waals surface area (Å²) in [6.45, 7) is 2.70. The predicted octanol–water partition coefficient (Wildman–Crippen LogP) is 3.90. The maximum atomic E-state index is 11.8. The van der Waals surface area contributed by atoms with Gasteiger partial charge < -0.3 is 15.1 Å². The molecule has 0 spiro atoms. The highest BCUT2D eigenvalue weighted by atomic mass is 32.2. The largest absolute Gasteiger partial charge is 0.468 e. The molecule has 2 aromatic rings. The number of aryl methyl sites for hydroxylation is 1. The van der Waals surface area contributed by atoms with Gasteiger partial charge in [0, 0.05) is 18.0 Å². The van der Waals surface area contributed by atoms with E-state index in [0.717, 1.165) is 34.9 Å². The van der Waals surface area contributed by atoms with Crippen molar-refractivity contribution in [2.24, 2.45) is 0 Å². The first-order valence-electron chi connectivity index (χ1n) is 7.02. The van der Waals surface area contributed by atoms with Crippen molar-refractivity contribution < 1.29 is 9.21 Å². The number of carbonyl (C=O) groups is 1. The number of benzene rings is 1. The van der Waals surface area contributed by atoms with Crippen LogP contribution in [0.5, 0.6) is 0 Å². The number of rotatable bonds is 7. The van der Waals surface area contributed by atoms with Gasteiger partial charge in [-0.05, 0) is 30.2 Å². The van der Waals surface area contributed by atoms with Crippen molar-refractivity contribution in [2.75, 3.05) is 17.6 Å². The van der Waals surface area contributed by atoms with Crippen LogP contribution in [0.1, 0.15) is 18.2 Å². The second-order valence-electron chi connectivity index (χ2n) is 4.52. The molecular formula is C16H20N2O2S. The second kappa shape index (κ2) is 8.42. The number of nitrogens with one attached hydrogen (secondary N) is 2. The number of para-hydroxylation sites is 1. The van der Waals surface area contributed by atoms with Crippen LogP contribution in [0.3, 0.4) is 0 Å². The summed E-state index contributed by atoms with van der Waals surface area (Å²) >= 11 is 1.73. The van der Waals surface area contributed by atoms with Gasteiger partial charge in [0.25, 0.3) is 0 Å². The Kier molecular flexibility index (Phi) is 6.22. The maximum absolute atomic E-state index is 11.8. The van der Waals surface area contributed by atoms with Gasteiger partial charge in [-0.2, -0.15) is 11.8 Å². The highest BCUT2D eigenvalue weighted by Crippen LogP contribution is 2.15. The van der Waals surface area contributed by atoms with Crippen LogP contribution < -0.4 is 10.6 Å². The molecule has 2 N–H and O–H groups in total. The minimum absolute atomic E-state index is 0.158. The summed E-state index contributed by atoms with van der Waals surface area (Å²) in [7, 11) is 0. The lowest BCUT2D eigenvalue weighted by molar-refractivity contribution is 0.252. The molecule has 0 saturated heterocycles. The van der Waals surface area contributed by atoms with Gasteiger partial charge in [0.1, 0.15) is 5.76 Å². The average molecular weight is 304 g/mol. The Morgan fingerprint density at radius 2 is 2.10 bits per heavy atom. The van der Waals surface area contributed by atoms with Crippen molar-refractivity contribution in [3.05, 3.63) is 54.0 Å². The summed E-state index contributed by atoms with van der Waals surface area (Å²) in [5.41, 5.74) is 2.01. The third kappa shape index (κ3) is 5.19. The van der Waals surface area contributed by atoms with E-state index in [1.165, 1.54) is 0 Å². The van der Waals surface area contributed by atoms with Gasteiger partial charge in [0.15, 0.2) is 0 Å². The number of urea groups is 1. The number of thioether (sulfide) groups is 1. The van der Waals surface area contributed by atoms with Crippen molar-refractivity contribution in [2.45, 2.75) is 19.1 Å². The molecule has 2 rings (SSSR count). The first-order chi connectivity index (χ1) is 10.3. The molecule has 0 radical (unpaired) electrons. The number of carbonyl (C=O) groups excluding carboxylic acids is 1. The molecular weight excluding hydrogens is 284 g/mol. The summed E-state index contributed by atoms with van der Waals surface area (Å²) < 4.78 is 5.25. The molecule has 0 bridgehead atoms. The lowest BCUT2D eigenvalue weighted by Gasteiger charge is -2.10. The Labute approximate surface area is 129 Å².